The van der Waals surface area contributed by atoms with Crippen molar-refractivity contribution >= 4 is 35.1 Å². The van der Waals surface area contributed by atoms with Crippen molar-refractivity contribution in [2.75, 3.05) is 23.4 Å². The molecule has 0 saturated heterocycles. The first-order chi connectivity index (χ1) is 11.6. The zero-order valence-corrected chi connectivity index (χ0v) is 14.9. The number of ether oxygens (including phenoxy) is 1. The number of carbonyl (C=O) groups excluding carboxylic acids is 2. The number of nitrogens with one attached hydrogen (secondary N) is 2. The minimum atomic E-state index is -1.02. The summed E-state index contributed by atoms with van der Waals surface area (Å²) >= 11 is 1.27. The Labute approximate surface area is 148 Å². The van der Waals surface area contributed by atoms with Gasteiger partial charge in [-0.1, -0.05) is 0 Å². The van der Waals surface area contributed by atoms with Crippen LogP contribution in [0.5, 0.6) is 0 Å². The first kappa shape index (κ1) is 20.7. The molecule has 0 heterocycles. The number of alkyl carbamates (subject to hydrolysis) is 1. The van der Waals surface area contributed by atoms with Crippen LogP contribution < -0.4 is 10.6 Å². The molecular weight excluding hydrogens is 353 g/mol. The fraction of sp³-hybridized carbons (Fsp3) is 0.467. The average Bonchev–Trinajstić information content (AvgIpc) is 2.44. The highest BCUT2D eigenvalue weighted by atomic mass is 32.2. The summed E-state index contributed by atoms with van der Waals surface area (Å²) in [5.74, 6) is -0.817. The van der Waals surface area contributed by atoms with Crippen LogP contribution in [0.4, 0.5) is 20.6 Å². The quantitative estimate of drug-likeness (QED) is 0.432. The number of thioether (sulfide) groups is 1. The van der Waals surface area contributed by atoms with Crippen LogP contribution in [0.1, 0.15) is 20.8 Å². The number of anilines is 1. The van der Waals surface area contributed by atoms with Gasteiger partial charge in [0, 0.05) is 30.1 Å². The van der Waals surface area contributed by atoms with Crippen molar-refractivity contribution in [1.29, 1.82) is 0 Å². The monoisotopic (exact) mass is 373 g/mol. The molecule has 0 spiro atoms. The van der Waals surface area contributed by atoms with E-state index in [-0.39, 0.29) is 17.3 Å². The number of halogens is 1. The van der Waals surface area contributed by atoms with E-state index in [0.717, 1.165) is 12.1 Å². The van der Waals surface area contributed by atoms with E-state index in [4.69, 9.17) is 4.74 Å². The normalized spacial score (nSPS) is 10.9. The molecule has 0 fully saturated rings. The van der Waals surface area contributed by atoms with E-state index in [2.05, 4.69) is 10.6 Å². The highest BCUT2D eigenvalue weighted by Gasteiger charge is 2.16. The molecule has 25 heavy (non-hydrogen) atoms. The number of benzene rings is 1. The molecule has 0 atom stereocenters. The van der Waals surface area contributed by atoms with Gasteiger partial charge in [-0.3, -0.25) is 14.9 Å². The number of amides is 2. The van der Waals surface area contributed by atoms with E-state index in [1.54, 1.807) is 20.8 Å². The van der Waals surface area contributed by atoms with Crippen molar-refractivity contribution in [2.45, 2.75) is 26.4 Å². The van der Waals surface area contributed by atoms with E-state index < -0.39 is 28.1 Å². The molecule has 2 amide bonds. The summed E-state index contributed by atoms with van der Waals surface area (Å²) in [7, 11) is 0. The van der Waals surface area contributed by atoms with Crippen molar-refractivity contribution in [3.8, 4) is 0 Å². The maximum atomic E-state index is 13.4. The van der Waals surface area contributed by atoms with Gasteiger partial charge in [0.25, 0.3) is 0 Å². The Hall–Kier alpha value is -2.36. The van der Waals surface area contributed by atoms with Gasteiger partial charge in [0.15, 0.2) is 0 Å². The number of nitro benzene ring substituents is 1. The first-order valence-corrected chi connectivity index (χ1v) is 8.52. The molecule has 0 aromatic heterocycles. The highest BCUT2D eigenvalue weighted by molar-refractivity contribution is 7.99. The van der Waals surface area contributed by atoms with Crippen molar-refractivity contribution in [3.05, 3.63) is 34.1 Å². The lowest BCUT2D eigenvalue weighted by Crippen LogP contribution is -2.33. The van der Waals surface area contributed by atoms with Gasteiger partial charge >= 0.3 is 11.8 Å². The topological polar surface area (TPSA) is 111 Å². The van der Waals surface area contributed by atoms with E-state index in [1.165, 1.54) is 17.8 Å². The van der Waals surface area contributed by atoms with Crippen LogP contribution >= 0.6 is 11.8 Å². The molecule has 0 radical (unpaired) electrons. The molecule has 0 aliphatic rings. The van der Waals surface area contributed by atoms with Crippen molar-refractivity contribution in [3.63, 3.8) is 0 Å². The second kappa shape index (κ2) is 9.21. The number of hydrogen-bond acceptors (Lipinski definition) is 6. The smallest absolute Gasteiger partial charge is 0.407 e. The van der Waals surface area contributed by atoms with E-state index in [0.29, 0.717) is 12.3 Å². The summed E-state index contributed by atoms with van der Waals surface area (Å²) in [4.78, 5) is 32.8. The van der Waals surface area contributed by atoms with Gasteiger partial charge in [-0.05, 0) is 26.8 Å². The summed E-state index contributed by atoms with van der Waals surface area (Å²) in [5.41, 5.74) is -1.09. The Morgan fingerprint density at radius 3 is 2.60 bits per heavy atom. The molecule has 8 nitrogen and oxygen atoms in total. The summed E-state index contributed by atoms with van der Waals surface area (Å²) < 4.78 is 18.5. The minimum absolute atomic E-state index is 0.0919. The van der Waals surface area contributed by atoms with Crippen LogP contribution in [-0.4, -0.2) is 40.6 Å². The van der Waals surface area contributed by atoms with E-state index in [1.807, 2.05) is 0 Å². The number of rotatable bonds is 7. The third-order valence-electron chi connectivity index (χ3n) is 2.58. The van der Waals surface area contributed by atoms with Gasteiger partial charge < -0.3 is 15.4 Å². The second-order valence-corrected chi connectivity index (χ2v) is 7.06. The minimum Gasteiger partial charge on any atom is -0.444 e. The molecule has 0 aliphatic heterocycles. The predicted octanol–water partition coefficient (Wildman–Crippen LogP) is 2.93. The number of carbonyl (C=O) groups is 2. The number of hydrogen-bond donors (Lipinski definition) is 2. The zero-order valence-electron chi connectivity index (χ0n) is 14.1. The molecule has 10 heteroatoms. The van der Waals surface area contributed by atoms with Crippen LogP contribution in [0.15, 0.2) is 18.2 Å². The maximum absolute atomic E-state index is 13.4. The molecule has 0 unspecified atom stereocenters. The second-order valence-electron chi connectivity index (χ2n) is 5.95. The Bertz CT molecular complexity index is 649. The lowest BCUT2D eigenvalue weighted by atomic mass is 10.2. The lowest BCUT2D eigenvalue weighted by Gasteiger charge is -2.19. The summed E-state index contributed by atoms with van der Waals surface area (Å²) in [6, 6.07) is 3.14. The van der Waals surface area contributed by atoms with Crippen LogP contribution in [-0.2, 0) is 9.53 Å². The van der Waals surface area contributed by atoms with E-state index in [9.17, 15) is 24.1 Å². The third kappa shape index (κ3) is 8.34. The summed E-state index contributed by atoms with van der Waals surface area (Å²) in [6.45, 7) is 5.60. The fourth-order valence-corrected chi connectivity index (χ4v) is 2.28. The van der Waals surface area contributed by atoms with Gasteiger partial charge in [-0.2, -0.15) is 16.2 Å². The molecule has 0 aliphatic carbocycles. The summed E-state index contributed by atoms with van der Waals surface area (Å²) in [6.07, 6.45) is -0.529. The summed E-state index contributed by atoms with van der Waals surface area (Å²) in [5, 5.41) is 15.5. The largest absolute Gasteiger partial charge is 0.444 e. The van der Waals surface area contributed by atoms with Crippen LogP contribution in [0.2, 0.25) is 0 Å². The Morgan fingerprint density at radius 1 is 1.36 bits per heavy atom. The molecular formula is C15H20FN3O5S. The number of nitrogens with zero attached hydrogens (tertiary/aromatic N) is 1. The van der Waals surface area contributed by atoms with Crippen molar-refractivity contribution < 1.29 is 23.6 Å². The van der Waals surface area contributed by atoms with E-state index >= 15 is 0 Å². The van der Waals surface area contributed by atoms with Crippen LogP contribution in [0.3, 0.4) is 0 Å². The van der Waals surface area contributed by atoms with Crippen LogP contribution in [0, 0.1) is 15.9 Å². The Kier molecular flexibility index (Phi) is 7.62. The van der Waals surface area contributed by atoms with Crippen molar-refractivity contribution in [1.82, 2.24) is 5.32 Å². The molecule has 1 rings (SSSR count). The standard InChI is InChI=1S/C15H20FN3O5S/c1-15(2,3)24-14(21)17-6-7-25-9-13(20)18-10-4-5-12(19(22)23)11(16)8-10/h4-5,8H,6-7,9H2,1-3H3,(H,17,21)(H,18,20). The first-order valence-electron chi connectivity index (χ1n) is 7.37. The maximum Gasteiger partial charge on any atom is 0.407 e. The van der Waals surface area contributed by atoms with Gasteiger partial charge in [-0.15, -0.1) is 0 Å². The lowest BCUT2D eigenvalue weighted by molar-refractivity contribution is -0.387. The molecule has 2 N–H and O–H groups in total. The molecule has 1 aromatic carbocycles. The molecule has 0 saturated carbocycles. The Balaban J connectivity index is 2.28. The van der Waals surface area contributed by atoms with Crippen molar-refractivity contribution in [2.24, 2.45) is 0 Å². The van der Waals surface area contributed by atoms with Gasteiger partial charge in [0.2, 0.25) is 11.7 Å². The predicted molar refractivity (Wildman–Crippen MR) is 93.2 cm³/mol. The van der Waals surface area contributed by atoms with Crippen LogP contribution in [0.25, 0.3) is 0 Å². The fourth-order valence-electron chi connectivity index (χ4n) is 1.63. The Morgan fingerprint density at radius 2 is 2.04 bits per heavy atom. The third-order valence-corrected chi connectivity index (χ3v) is 3.54. The molecule has 1 aromatic rings. The zero-order chi connectivity index (χ0) is 19.0. The molecule has 138 valence electrons. The van der Waals surface area contributed by atoms with Gasteiger partial charge in [-0.25, -0.2) is 4.79 Å². The average molecular weight is 373 g/mol. The highest BCUT2D eigenvalue weighted by Crippen LogP contribution is 2.20. The SMILES string of the molecule is CC(C)(C)OC(=O)NCCSCC(=O)Nc1ccc([N+](=O)[O-])c(F)c1. The van der Waals surface area contributed by atoms with Gasteiger partial charge in [0.1, 0.15) is 5.60 Å². The van der Waals surface area contributed by atoms with Gasteiger partial charge in [0.05, 0.1) is 10.7 Å². The molecule has 0 bridgehead atoms. The number of nitro groups is 1.